The van der Waals surface area contributed by atoms with Crippen LogP contribution >= 0.6 is 11.8 Å². The SMILES string of the molecule is CSCCCN1C(=O)C(C(C)C)NC(=O)C1(C)C1CC1. The first kappa shape index (κ1) is 15.7. The van der Waals surface area contributed by atoms with Gasteiger partial charge in [0.05, 0.1) is 0 Å². The number of hydrogen-bond acceptors (Lipinski definition) is 3. The first-order valence-electron chi connectivity index (χ1n) is 7.54. The third kappa shape index (κ3) is 2.69. The lowest BCUT2D eigenvalue weighted by atomic mass is 9.85. The second-order valence-corrected chi connectivity index (χ2v) is 7.44. The molecule has 1 N–H and O–H groups in total. The van der Waals surface area contributed by atoms with Crippen molar-refractivity contribution >= 4 is 23.6 Å². The lowest BCUT2D eigenvalue weighted by Crippen LogP contribution is -2.71. The smallest absolute Gasteiger partial charge is 0.246 e. The molecule has 2 atom stereocenters. The van der Waals surface area contributed by atoms with E-state index in [2.05, 4.69) is 11.6 Å². The molecule has 0 aromatic carbocycles. The fourth-order valence-corrected chi connectivity index (χ4v) is 3.50. The van der Waals surface area contributed by atoms with Crippen LogP contribution in [0.2, 0.25) is 0 Å². The van der Waals surface area contributed by atoms with E-state index in [1.54, 1.807) is 11.8 Å². The van der Waals surface area contributed by atoms with Gasteiger partial charge in [-0.1, -0.05) is 13.8 Å². The maximum absolute atomic E-state index is 12.8. The van der Waals surface area contributed by atoms with Gasteiger partial charge in [-0.15, -0.1) is 0 Å². The molecule has 1 heterocycles. The van der Waals surface area contributed by atoms with Crippen molar-refractivity contribution in [1.82, 2.24) is 10.2 Å². The Hall–Kier alpha value is -0.710. The summed E-state index contributed by atoms with van der Waals surface area (Å²) in [5, 5.41) is 2.96. The predicted molar refractivity (Wildman–Crippen MR) is 82.6 cm³/mol. The Morgan fingerprint density at radius 3 is 2.55 bits per heavy atom. The van der Waals surface area contributed by atoms with Gasteiger partial charge in [0.2, 0.25) is 11.8 Å². The molecule has 2 fully saturated rings. The van der Waals surface area contributed by atoms with Crippen LogP contribution in [-0.2, 0) is 9.59 Å². The Morgan fingerprint density at radius 1 is 1.40 bits per heavy atom. The summed E-state index contributed by atoms with van der Waals surface area (Å²) < 4.78 is 0. The van der Waals surface area contributed by atoms with Crippen molar-refractivity contribution in [3.05, 3.63) is 0 Å². The van der Waals surface area contributed by atoms with Crippen molar-refractivity contribution in [3.8, 4) is 0 Å². The summed E-state index contributed by atoms with van der Waals surface area (Å²) in [7, 11) is 0. The summed E-state index contributed by atoms with van der Waals surface area (Å²) in [5.74, 6) is 1.66. The second-order valence-electron chi connectivity index (χ2n) is 6.45. The quantitative estimate of drug-likeness (QED) is 0.762. The Balaban J connectivity index is 2.21. The summed E-state index contributed by atoms with van der Waals surface area (Å²) in [6.45, 7) is 6.63. The number of piperazine rings is 1. The molecule has 0 radical (unpaired) electrons. The molecule has 114 valence electrons. The number of rotatable bonds is 6. The van der Waals surface area contributed by atoms with Gasteiger partial charge in [0.1, 0.15) is 11.6 Å². The van der Waals surface area contributed by atoms with E-state index in [9.17, 15) is 9.59 Å². The molecule has 2 rings (SSSR count). The molecule has 0 spiro atoms. The number of hydrogen-bond donors (Lipinski definition) is 1. The van der Waals surface area contributed by atoms with Gasteiger partial charge in [-0.3, -0.25) is 9.59 Å². The Labute approximate surface area is 126 Å². The van der Waals surface area contributed by atoms with Gasteiger partial charge in [0.25, 0.3) is 0 Å². The molecule has 2 unspecified atom stereocenters. The van der Waals surface area contributed by atoms with Crippen molar-refractivity contribution in [2.45, 2.75) is 51.6 Å². The van der Waals surface area contributed by atoms with E-state index in [4.69, 9.17) is 0 Å². The number of carbonyl (C=O) groups is 2. The normalized spacial score (nSPS) is 30.9. The van der Waals surface area contributed by atoms with Crippen LogP contribution in [0.5, 0.6) is 0 Å². The molecule has 4 nitrogen and oxygen atoms in total. The number of carbonyl (C=O) groups excluding carboxylic acids is 2. The van der Waals surface area contributed by atoms with Gasteiger partial charge < -0.3 is 10.2 Å². The van der Waals surface area contributed by atoms with Crippen LogP contribution in [0.25, 0.3) is 0 Å². The van der Waals surface area contributed by atoms with E-state index in [-0.39, 0.29) is 23.8 Å². The third-order valence-electron chi connectivity index (χ3n) is 4.61. The molecule has 5 heteroatoms. The topological polar surface area (TPSA) is 49.4 Å². The van der Waals surface area contributed by atoms with Gasteiger partial charge in [-0.2, -0.15) is 11.8 Å². The first-order chi connectivity index (χ1) is 9.42. The minimum absolute atomic E-state index is 0.0439. The molecule has 1 aliphatic heterocycles. The minimum atomic E-state index is -0.624. The number of thioether (sulfide) groups is 1. The van der Waals surface area contributed by atoms with E-state index in [0.29, 0.717) is 12.5 Å². The Kier molecular flexibility index (Phi) is 4.67. The highest BCUT2D eigenvalue weighted by atomic mass is 32.2. The van der Waals surface area contributed by atoms with Crippen LogP contribution in [0.3, 0.4) is 0 Å². The van der Waals surface area contributed by atoms with Crippen molar-refractivity contribution < 1.29 is 9.59 Å². The maximum Gasteiger partial charge on any atom is 0.246 e. The average molecular weight is 298 g/mol. The van der Waals surface area contributed by atoms with E-state index >= 15 is 0 Å². The highest BCUT2D eigenvalue weighted by Crippen LogP contribution is 2.45. The average Bonchev–Trinajstić information content (AvgIpc) is 3.22. The molecule has 0 aromatic rings. The Morgan fingerprint density at radius 2 is 2.05 bits per heavy atom. The van der Waals surface area contributed by atoms with Crippen LogP contribution in [0.4, 0.5) is 0 Å². The molecule has 1 saturated carbocycles. The molecular formula is C15H26N2O2S. The van der Waals surface area contributed by atoms with Gasteiger partial charge in [0, 0.05) is 6.54 Å². The first-order valence-corrected chi connectivity index (χ1v) is 8.93. The predicted octanol–water partition coefficient (Wildman–Crippen LogP) is 1.89. The van der Waals surface area contributed by atoms with Gasteiger partial charge in [0.15, 0.2) is 0 Å². The molecule has 0 aromatic heterocycles. The fraction of sp³-hybridized carbons (Fsp3) is 0.867. The zero-order valence-corrected chi connectivity index (χ0v) is 13.8. The van der Waals surface area contributed by atoms with Crippen molar-refractivity contribution in [2.75, 3.05) is 18.6 Å². The van der Waals surface area contributed by atoms with Crippen molar-refractivity contribution in [1.29, 1.82) is 0 Å². The summed E-state index contributed by atoms with van der Waals surface area (Å²) in [6, 6.07) is -0.358. The summed E-state index contributed by atoms with van der Waals surface area (Å²) in [6.07, 6.45) is 5.14. The van der Waals surface area contributed by atoms with Gasteiger partial charge in [-0.25, -0.2) is 0 Å². The van der Waals surface area contributed by atoms with E-state index in [0.717, 1.165) is 25.0 Å². The molecule has 0 bridgehead atoms. The largest absolute Gasteiger partial charge is 0.342 e. The molecule has 1 aliphatic carbocycles. The zero-order valence-electron chi connectivity index (χ0n) is 12.9. The van der Waals surface area contributed by atoms with Crippen LogP contribution in [0, 0.1) is 11.8 Å². The maximum atomic E-state index is 12.8. The highest BCUT2D eigenvalue weighted by Gasteiger charge is 2.57. The van der Waals surface area contributed by atoms with Crippen LogP contribution in [-0.4, -0.2) is 46.8 Å². The fourth-order valence-electron chi connectivity index (χ4n) is 3.08. The van der Waals surface area contributed by atoms with Crippen LogP contribution in [0.15, 0.2) is 0 Å². The standard InChI is InChI=1S/C15H26N2O2S/c1-10(2)12-13(18)17(8-5-9-20-4)15(3,11-6-7-11)14(19)16-12/h10-12H,5-9H2,1-4H3,(H,16,19). The van der Waals surface area contributed by atoms with Gasteiger partial charge >= 0.3 is 0 Å². The summed E-state index contributed by atoms with van der Waals surface area (Å²) >= 11 is 1.78. The molecule has 20 heavy (non-hydrogen) atoms. The van der Waals surface area contributed by atoms with E-state index in [1.165, 1.54) is 0 Å². The minimum Gasteiger partial charge on any atom is -0.342 e. The third-order valence-corrected chi connectivity index (χ3v) is 5.31. The molecule has 2 aliphatic rings. The van der Waals surface area contributed by atoms with E-state index < -0.39 is 5.54 Å². The van der Waals surface area contributed by atoms with Crippen molar-refractivity contribution in [2.24, 2.45) is 11.8 Å². The molecule has 2 amide bonds. The van der Waals surface area contributed by atoms with Crippen LogP contribution < -0.4 is 5.32 Å². The number of nitrogens with zero attached hydrogens (tertiary/aromatic N) is 1. The zero-order chi connectivity index (χ0) is 14.9. The van der Waals surface area contributed by atoms with E-state index in [1.807, 2.05) is 25.7 Å². The molecule has 1 saturated heterocycles. The monoisotopic (exact) mass is 298 g/mol. The Bertz CT molecular complexity index is 395. The summed E-state index contributed by atoms with van der Waals surface area (Å²) in [4.78, 5) is 27.2. The van der Waals surface area contributed by atoms with Crippen molar-refractivity contribution in [3.63, 3.8) is 0 Å². The van der Waals surface area contributed by atoms with Crippen LogP contribution in [0.1, 0.15) is 40.0 Å². The lowest BCUT2D eigenvalue weighted by Gasteiger charge is -2.47. The second kappa shape index (κ2) is 5.96. The molecular weight excluding hydrogens is 272 g/mol. The van der Waals surface area contributed by atoms with Gasteiger partial charge in [-0.05, 0) is 50.0 Å². The summed E-state index contributed by atoms with van der Waals surface area (Å²) in [5.41, 5.74) is -0.624. The highest BCUT2D eigenvalue weighted by molar-refractivity contribution is 7.98. The number of amides is 2. The lowest BCUT2D eigenvalue weighted by molar-refractivity contribution is -0.159. The number of nitrogens with one attached hydrogen (secondary N) is 1.